The number of rotatable bonds is 5. The van der Waals surface area contributed by atoms with E-state index in [9.17, 15) is 9.59 Å². The highest BCUT2D eigenvalue weighted by molar-refractivity contribution is 5.90. The topological polar surface area (TPSA) is 117 Å². The van der Waals surface area contributed by atoms with Crippen LogP contribution >= 0.6 is 0 Å². The van der Waals surface area contributed by atoms with E-state index in [1.165, 1.54) is 6.92 Å². The number of nitrogens with one attached hydrogen (secondary N) is 2. The predicted octanol–water partition coefficient (Wildman–Crippen LogP) is 0.591. The number of carboxylic acid groups (broad SMARTS) is 1. The molecular weight excluding hydrogens is 250 g/mol. The molecule has 8 heteroatoms. The maximum Gasteiger partial charge on any atom is 0.325 e. The Morgan fingerprint density at radius 2 is 1.84 bits per heavy atom. The summed E-state index contributed by atoms with van der Waals surface area (Å²) in [6.07, 6.45) is 1.40. The Kier molecular flexibility index (Phi) is 5.16. The van der Waals surface area contributed by atoms with Gasteiger partial charge >= 0.3 is 12.0 Å². The summed E-state index contributed by atoms with van der Waals surface area (Å²) in [5.74, 6) is -1.06. The lowest BCUT2D eigenvalue weighted by Crippen LogP contribution is -2.41. The SMILES string of the molecule is CCc1nnc(NC(=O)NC(C)C(=O)O)nc1CC. The van der Waals surface area contributed by atoms with Crippen LogP contribution in [-0.4, -0.2) is 38.3 Å². The molecule has 0 aliphatic rings. The molecule has 0 fully saturated rings. The number of aromatic nitrogens is 3. The first kappa shape index (κ1) is 14.8. The average Bonchev–Trinajstić information content (AvgIpc) is 2.38. The van der Waals surface area contributed by atoms with E-state index in [2.05, 4.69) is 25.8 Å². The summed E-state index contributed by atoms with van der Waals surface area (Å²) >= 11 is 0. The maximum absolute atomic E-state index is 11.5. The third-order valence-corrected chi connectivity index (χ3v) is 2.45. The Labute approximate surface area is 110 Å². The van der Waals surface area contributed by atoms with Crippen LogP contribution in [0.1, 0.15) is 32.2 Å². The number of carbonyl (C=O) groups is 2. The number of carbonyl (C=O) groups excluding carboxylic acids is 1. The van der Waals surface area contributed by atoms with Gasteiger partial charge in [0.05, 0.1) is 11.4 Å². The minimum atomic E-state index is -1.12. The van der Waals surface area contributed by atoms with Gasteiger partial charge in [0.15, 0.2) is 0 Å². The average molecular weight is 267 g/mol. The molecule has 1 aromatic heterocycles. The van der Waals surface area contributed by atoms with Crippen molar-refractivity contribution in [3.8, 4) is 0 Å². The largest absolute Gasteiger partial charge is 0.480 e. The van der Waals surface area contributed by atoms with Crippen LogP contribution in [0, 0.1) is 0 Å². The van der Waals surface area contributed by atoms with Crippen molar-refractivity contribution in [3.05, 3.63) is 11.4 Å². The predicted molar refractivity (Wildman–Crippen MR) is 67.8 cm³/mol. The number of urea groups is 1. The van der Waals surface area contributed by atoms with Gasteiger partial charge in [-0.05, 0) is 19.8 Å². The molecule has 0 radical (unpaired) electrons. The molecule has 0 spiro atoms. The molecule has 2 amide bonds. The third kappa shape index (κ3) is 4.16. The number of nitrogens with zero attached hydrogens (tertiary/aromatic N) is 3. The molecule has 19 heavy (non-hydrogen) atoms. The molecule has 1 atom stereocenters. The smallest absolute Gasteiger partial charge is 0.325 e. The second-order valence-corrected chi connectivity index (χ2v) is 3.89. The van der Waals surface area contributed by atoms with Gasteiger partial charge in [0.25, 0.3) is 5.95 Å². The van der Waals surface area contributed by atoms with Crippen molar-refractivity contribution >= 4 is 17.9 Å². The van der Waals surface area contributed by atoms with Crippen LogP contribution in [0.5, 0.6) is 0 Å². The molecule has 104 valence electrons. The van der Waals surface area contributed by atoms with E-state index >= 15 is 0 Å². The first-order chi connectivity index (χ1) is 8.97. The number of hydrogen-bond donors (Lipinski definition) is 3. The van der Waals surface area contributed by atoms with Crippen LogP contribution in [0.4, 0.5) is 10.7 Å². The lowest BCUT2D eigenvalue weighted by molar-refractivity contribution is -0.138. The Bertz CT molecular complexity index is 477. The number of anilines is 1. The molecule has 0 bridgehead atoms. The first-order valence-electron chi connectivity index (χ1n) is 6.00. The van der Waals surface area contributed by atoms with Crippen LogP contribution in [0.3, 0.4) is 0 Å². The summed E-state index contributed by atoms with van der Waals surface area (Å²) in [7, 11) is 0. The molecular formula is C11H17N5O3. The zero-order valence-corrected chi connectivity index (χ0v) is 11.1. The van der Waals surface area contributed by atoms with Crippen molar-refractivity contribution < 1.29 is 14.7 Å². The van der Waals surface area contributed by atoms with Crippen LogP contribution in [0.15, 0.2) is 0 Å². The van der Waals surface area contributed by atoms with Gasteiger partial charge in [0, 0.05) is 0 Å². The van der Waals surface area contributed by atoms with Gasteiger partial charge in [0.2, 0.25) is 0 Å². The standard InChI is InChI=1S/C11H17N5O3/c1-4-7-8(5-2)15-16-10(13-7)14-11(19)12-6(3)9(17)18/h6H,4-5H2,1-3H3,(H,17,18)(H2,12,13,14,16,19). The summed E-state index contributed by atoms with van der Waals surface area (Å²) in [5, 5.41) is 21.0. The molecule has 0 aliphatic carbocycles. The van der Waals surface area contributed by atoms with Gasteiger partial charge in [-0.3, -0.25) is 10.1 Å². The van der Waals surface area contributed by atoms with E-state index in [0.717, 1.165) is 11.4 Å². The summed E-state index contributed by atoms with van der Waals surface area (Å²) in [5.41, 5.74) is 1.55. The number of aliphatic carboxylic acids is 1. The molecule has 1 aromatic rings. The molecule has 8 nitrogen and oxygen atoms in total. The van der Waals surface area contributed by atoms with Crippen LogP contribution in [0.25, 0.3) is 0 Å². The Morgan fingerprint density at radius 3 is 2.37 bits per heavy atom. The van der Waals surface area contributed by atoms with Crippen molar-refractivity contribution in [1.82, 2.24) is 20.5 Å². The van der Waals surface area contributed by atoms with Gasteiger partial charge < -0.3 is 10.4 Å². The van der Waals surface area contributed by atoms with E-state index in [0.29, 0.717) is 12.8 Å². The minimum Gasteiger partial charge on any atom is -0.480 e. The van der Waals surface area contributed by atoms with Gasteiger partial charge in [0.1, 0.15) is 6.04 Å². The van der Waals surface area contributed by atoms with Crippen molar-refractivity contribution in [1.29, 1.82) is 0 Å². The Morgan fingerprint density at radius 1 is 1.21 bits per heavy atom. The maximum atomic E-state index is 11.5. The highest BCUT2D eigenvalue weighted by atomic mass is 16.4. The van der Waals surface area contributed by atoms with E-state index in [1.54, 1.807) is 0 Å². The van der Waals surface area contributed by atoms with Gasteiger partial charge in [-0.1, -0.05) is 13.8 Å². The van der Waals surface area contributed by atoms with Crippen LogP contribution < -0.4 is 10.6 Å². The number of carboxylic acids is 1. The van der Waals surface area contributed by atoms with Crippen molar-refractivity contribution in [2.24, 2.45) is 0 Å². The van der Waals surface area contributed by atoms with Crippen LogP contribution in [0.2, 0.25) is 0 Å². The van der Waals surface area contributed by atoms with Crippen molar-refractivity contribution in [2.75, 3.05) is 5.32 Å². The van der Waals surface area contributed by atoms with Crippen LogP contribution in [-0.2, 0) is 17.6 Å². The summed E-state index contributed by atoms with van der Waals surface area (Å²) in [6.45, 7) is 5.23. The van der Waals surface area contributed by atoms with Gasteiger partial charge in [-0.15, -0.1) is 10.2 Å². The second-order valence-electron chi connectivity index (χ2n) is 3.89. The number of amides is 2. The Hall–Kier alpha value is -2.25. The fourth-order valence-corrected chi connectivity index (χ4v) is 1.39. The summed E-state index contributed by atoms with van der Waals surface area (Å²) < 4.78 is 0. The second kappa shape index (κ2) is 6.62. The zero-order valence-electron chi connectivity index (χ0n) is 11.1. The number of aryl methyl sites for hydroxylation is 2. The zero-order chi connectivity index (χ0) is 14.4. The fraction of sp³-hybridized carbons (Fsp3) is 0.545. The highest BCUT2D eigenvalue weighted by Crippen LogP contribution is 2.06. The molecule has 3 N–H and O–H groups in total. The fourth-order valence-electron chi connectivity index (χ4n) is 1.39. The summed E-state index contributed by atoms with van der Waals surface area (Å²) in [6, 6.07) is -1.67. The summed E-state index contributed by atoms with van der Waals surface area (Å²) in [4.78, 5) is 26.2. The molecule has 0 aromatic carbocycles. The van der Waals surface area contributed by atoms with E-state index in [4.69, 9.17) is 5.11 Å². The van der Waals surface area contributed by atoms with E-state index in [-0.39, 0.29) is 5.95 Å². The quantitative estimate of drug-likeness (QED) is 0.718. The number of hydrogen-bond acceptors (Lipinski definition) is 5. The molecule has 1 heterocycles. The molecule has 1 unspecified atom stereocenters. The normalized spacial score (nSPS) is 11.7. The lowest BCUT2D eigenvalue weighted by Gasteiger charge is -2.10. The van der Waals surface area contributed by atoms with Crippen molar-refractivity contribution in [3.63, 3.8) is 0 Å². The molecule has 0 aliphatic heterocycles. The molecule has 1 rings (SSSR count). The monoisotopic (exact) mass is 267 g/mol. The Balaban J connectivity index is 2.72. The van der Waals surface area contributed by atoms with E-state index in [1.807, 2.05) is 13.8 Å². The highest BCUT2D eigenvalue weighted by Gasteiger charge is 2.15. The first-order valence-corrected chi connectivity index (χ1v) is 6.00. The van der Waals surface area contributed by atoms with E-state index < -0.39 is 18.0 Å². The third-order valence-electron chi connectivity index (χ3n) is 2.45. The molecule has 0 saturated carbocycles. The lowest BCUT2D eigenvalue weighted by atomic mass is 10.2. The minimum absolute atomic E-state index is 0.0594. The van der Waals surface area contributed by atoms with Crippen molar-refractivity contribution in [2.45, 2.75) is 39.7 Å². The van der Waals surface area contributed by atoms with Gasteiger partial charge in [-0.2, -0.15) is 0 Å². The van der Waals surface area contributed by atoms with Gasteiger partial charge in [-0.25, -0.2) is 9.78 Å². The molecule has 0 saturated heterocycles.